The third kappa shape index (κ3) is 5.28. The molecule has 106 valence electrons. The zero-order valence-corrected chi connectivity index (χ0v) is 11.6. The lowest BCUT2D eigenvalue weighted by Crippen LogP contribution is -2.24. The van der Waals surface area contributed by atoms with Crippen LogP contribution in [0.1, 0.15) is 19.4 Å². The van der Waals surface area contributed by atoms with Crippen LogP contribution in [0.2, 0.25) is 0 Å². The average molecular weight is 266 g/mol. The molecule has 4 heteroatoms. The first-order chi connectivity index (χ1) is 9.16. The Kier molecular flexibility index (Phi) is 5.34. The van der Waals surface area contributed by atoms with E-state index in [2.05, 4.69) is 0 Å². The van der Waals surface area contributed by atoms with Crippen LogP contribution in [0.25, 0.3) is 0 Å². The monoisotopic (exact) mass is 266 g/mol. The average Bonchev–Trinajstić information content (AvgIpc) is 2.74. The number of hydrogen-bond donors (Lipinski definition) is 0. The number of benzene rings is 1. The van der Waals surface area contributed by atoms with Gasteiger partial charge in [-0.15, -0.1) is 0 Å². The van der Waals surface area contributed by atoms with Gasteiger partial charge in [0.1, 0.15) is 6.10 Å². The third-order valence-corrected chi connectivity index (χ3v) is 2.85. The molecular formula is C15H22O4. The van der Waals surface area contributed by atoms with Crippen molar-refractivity contribution in [1.82, 2.24) is 0 Å². The van der Waals surface area contributed by atoms with Crippen LogP contribution in [-0.4, -0.2) is 38.3 Å². The fourth-order valence-electron chi connectivity index (χ4n) is 1.94. The van der Waals surface area contributed by atoms with Crippen molar-refractivity contribution in [3.05, 3.63) is 35.9 Å². The van der Waals surface area contributed by atoms with E-state index in [1.807, 2.05) is 44.2 Å². The van der Waals surface area contributed by atoms with Gasteiger partial charge in [0.15, 0.2) is 5.79 Å². The van der Waals surface area contributed by atoms with E-state index in [1.165, 1.54) is 5.56 Å². The van der Waals surface area contributed by atoms with Gasteiger partial charge >= 0.3 is 0 Å². The van der Waals surface area contributed by atoms with Crippen LogP contribution in [0.5, 0.6) is 0 Å². The molecule has 0 amide bonds. The molecule has 1 aliphatic heterocycles. The summed E-state index contributed by atoms with van der Waals surface area (Å²) in [6, 6.07) is 10.1. The van der Waals surface area contributed by atoms with E-state index in [4.69, 9.17) is 18.9 Å². The van der Waals surface area contributed by atoms with Crippen molar-refractivity contribution in [2.24, 2.45) is 0 Å². The molecule has 0 radical (unpaired) electrons. The Labute approximate surface area is 114 Å². The van der Waals surface area contributed by atoms with E-state index < -0.39 is 5.79 Å². The van der Waals surface area contributed by atoms with Crippen LogP contribution < -0.4 is 0 Å². The molecule has 19 heavy (non-hydrogen) atoms. The first-order valence-corrected chi connectivity index (χ1v) is 6.67. The first kappa shape index (κ1) is 14.5. The van der Waals surface area contributed by atoms with E-state index in [0.717, 1.165) is 0 Å². The van der Waals surface area contributed by atoms with Crippen molar-refractivity contribution in [1.29, 1.82) is 0 Å². The minimum Gasteiger partial charge on any atom is -0.376 e. The lowest BCUT2D eigenvalue weighted by Gasteiger charge is -2.17. The molecule has 0 N–H and O–H groups in total. The smallest absolute Gasteiger partial charge is 0.163 e. The summed E-state index contributed by atoms with van der Waals surface area (Å²) in [5, 5.41) is 0. The number of rotatable bonds is 7. The molecule has 0 aromatic heterocycles. The van der Waals surface area contributed by atoms with E-state index in [0.29, 0.717) is 33.0 Å². The summed E-state index contributed by atoms with van der Waals surface area (Å²) in [4.78, 5) is 0. The highest BCUT2D eigenvalue weighted by molar-refractivity contribution is 5.13. The molecule has 0 unspecified atom stereocenters. The van der Waals surface area contributed by atoms with Gasteiger partial charge in [0.2, 0.25) is 0 Å². The summed E-state index contributed by atoms with van der Waals surface area (Å²) in [6.45, 7) is 6.77. The minimum atomic E-state index is -0.474. The van der Waals surface area contributed by atoms with E-state index in [1.54, 1.807) is 0 Å². The second-order valence-electron chi connectivity index (χ2n) is 5.06. The van der Waals surface area contributed by atoms with Crippen LogP contribution in [-0.2, 0) is 25.6 Å². The van der Waals surface area contributed by atoms with Crippen LogP contribution in [0.4, 0.5) is 0 Å². The Bertz CT molecular complexity index is 364. The highest BCUT2D eigenvalue weighted by atomic mass is 16.7. The van der Waals surface area contributed by atoms with Crippen molar-refractivity contribution in [3.63, 3.8) is 0 Å². The number of hydrogen-bond acceptors (Lipinski definition) is 4. The number of ether oxygens (including phenoxy) is 4. The maximum Gasteiger partial charge on any atom is 0.163 e. The fourth-order valence-corrected chi connectivity index (χ4v) is 1.94. The quantitative estimate of drug-likeness (QED) is 0.710. The van der Waals surface area contributed by atoms with Crippen molar-refractivity contribution < 1.29 is 18.9 Å². The van der Waals surface area contributed by atoms with Crippen LogP contribution in [0.15, 0.2) is 30.3 Å². The summed E-state index contributed by atoms with van der Waals surface area (Å²) < 4.78 is 22.1. The van der Waals surface area contributed by atoms with Gasteiger partial charge in [-0.05, 0) is 19.4 Å². The summed E-state index contributed by atoms with van der Waals surface area (Å²) >= 11 is 0. The summed E-state index contributed by atoms with van der Waals surface area (Å²) in [6.07, 6.45) is 0.0316. The molecule has 1 saturated heterocycles. The summed E-state index contributed by atoms with van der Waals surface area (Å²) in [5.41, 5.74) is 1.18. The van der Waals surface area contributed by atoms with Gasteiger partial charge in [-0.25, -0.2) is 0 Å². The molecule has 1 heterocycles. The third-order valence-electron chi connectivity index (χ3n) is 2.85. The molecule has 1 aliphatic rings. The maximum atomic E-state index is 5.64. The lowest BCUT2D eigenvalue weighted by molar-refractivity contribution is -0.145. The standard InChI is InChI=1S/C15H22O4/c1-15(2)18-12-14(19-15)11-17-9-8-16-10-13-6-4-3-5-7-13/h3-7,14H,8-12H2,1-2H3/t14-/m0/s1. The van der Waals surface area contributed by atoms with Gasteiger partial charge in [-0.1, -0.05) is 30.3 Å². The predicted octanol–water partition coefficient (Wildman–Crippen LogP) is 2.37. The van der Waals surface area contributed by atoms with E-state index in [9.17, 15) is 0 Å². The molecule has 0 spiro atoms. The maximum absolute atomic E-state index is 5.64. The molecule has 4 nitrogen and oxygen atoms in total. The highest BCUT2D eigenvalue weighted by Gasteiger charge is 2.32. The lowest BCUT2D eigenvalue weighted by atomic mass is 10.2. The van der Waals surface area contributed by atoms with Crippen molar-refractivity contribution >= 4 is 0 Å². The zero-order valence-electron chi connectivity index (χ0n) is 11.6. The molecule has 0 bridgehead atoms. The predicted molar refractivity (Wildman–Crippen MR) is 71.8 cm³/mol. The Morgan fingerprint density at radius 3 is 2.58 bits per heavy atom. The van der Waals surface area contributed by atoms with Crippen LogP contribution >= 0.6 is 0 Å². The molecular weight excluding hydrogens is 244 g/mol. The SMILES string of the molecule is CC1(C)OC[C@H](COCCOCc2ccccc2)O1. The van der Waals surface area contributed by atoms with Crippen LogP contribution in [0.3, 0.4) is 0 Å². The topological polar surface area (TPSA) is 36.9 Å². The Morgan fingerprint density at radius 1 is 1.16 bits per heavy atom. The van der Waals surface area contributed by atoms with E-state index in [-0.39, 0.29) is 6.10 Å². The van der Waals surface area contributed by atoms with Crippen molar-refractivity contribution in [3.8, 4) is 0 Å². The van der Waals surface area contributed by atoms with Gasteiger partial charge in [0, 0.05) is 0 Å². The normalized spacial score (nSPS) is 21.7. The van der Waals surface area contributed by atoms with Gasteiger partial charge in [0.25, 0.3) is 0 Å². The molecule has 0 aliphatic carbocycles. The second-order valence-corrected chi connectivity index (χ2v) is 5.06. The molecule has 1 aromatic rings. The van der Waals surface area contributed by atoms with Gasteiger partial charge in [-0.2, -0.15) is 0 Å². The Hall–Kier alpha value is -0.940. The molecule has 1 atom stereocenters. The zero-order chi connectivity index (χ0) is 13.6. The summed E-state index contributed by atoms with van der Waals surface area (Å²) in [5.74, 6) is -0.474. The molecule has 1 fully saturated rings. The fraction of sp³-hybridized carbons (Fsp3) is 0.600. The second kappa shape index (κ2) is 7.01. The van der Waals surface area contributed by atoms with Crippen LogP contribution in [0, 0.1) is 0 Å². The van der Waals surface area contributed by atoms with Gasteiger partial charge in [0.05, 0.1) is 33.0 Å². The van der Waals surface area contributed by atoms with E-state index >= 15 is 0 Å². The largest absolute Gasteiger partial charge is 0.376 e. The Morgan fingerprint density at radius 2 is 1.89 bits per heavy atom. The van der Waals surface area contributed by atoms with Crippen molar-refractivity contribution in [2.75, 3.05) is 26.4 Å². The molecule has 2 rings (SSSR count). The van der Waals surface area contributed by atoms with Crippen molar-refractivity contribution in [2.45, 2.75) is 32.3 Å². The van der Waals surface area contributed by atoms with Gasteiger partial charge < -0.3 is 18.9 Å². The molecule has 1 aromatic carbocycles. The first-order valence-electron chi connectivity index (χ1n) is 6.67. The Balaban J connectivity index is 1.49. The van der Waals surface area contributed by atoms with Gasteiger partial charge in [-0.3, -0.25) is 0 Å². The minimum absolute atomic E-state index is 0.0316. The highest BCUT2D eigenvalue weighted by Crippen LogP contribution is 2.22. The molecule has 0 saturated carbocycles. The summed E-state index contributed by atoms with van der Waals surface area (Å²) in [7, 11) is 0.